The van der Waals surface area contributed by atoms with E-state index >= 15 is 0 Å². The fraction of sp³-hybridized carbons (Fsp3) is 0.0870. The van der Waals surface area contributed by atoms with Gasteiger partial charge in [0.05, 0.1) is 10.2 Å². The maximum absolute atomic E-state index is 6.14. The molecule has 1 heterocycles. The van der Waals surface area contributed by atoms with Gasteiger partial charge in [-0.1, -0.05) is 71.5 Å². The van der Waals surface area contributed by atoms with E-state index in [0.717, 1.165) is 22.1 Å². The van der Waals surface area contributed by atoms with Gasteiger partial charge < -0.3 is 0 Å². The summed E-state index contributed by atoms with van der Waals surface area (Å²) in [5.74, 6) is 0. The predicted octanol–water partition coefficient (Wildman–Crippen LogP) is 6.57. The molecule has 0 aliphatic carbocycles. The Labute approximate surface area is 166 Å². The van der Waals surface area contributed by atoms with Gasteiger partial charge in [0.1, 0.15) is 0 Å². The topological polar surface area (TPSA) is 17.3 Å². The first kappa shape index (κ1) is 16.5. The predicted molar refractivity (Wildman–Crippen MR) is 117 cm³/mol. The lowest BCUT2D eigenvalue weighted by Gasteiger charge is -2.10. The largest absolute Gasteiger partial charge is 0.285 e. The molecule has 0 unspecified atom stereocenters. The average Bonchev–Trinajstić information content (AvgIpc) is 3.09. The molecule has 4 aromatic carbocycles. The van der Waals surface area contributed by atoms with Gasteiger partial charge in [-0.25, -0.2) is 0 Å². The van der Waals surface area contributed by atoms with E-state index < -0.39 is 0 Å². The normalized spacial score (nSPS) is 12.4. The molecule has 2 nitrogen and oxygen atoms in total. The van der Waals surface area contributed by atoms with Crippen molar-refractivity contribution in [2.45, 2.75) is 6.92 Å². The lowest BCUT2D eigenvalue weighted by Crippen LogP contribution is -2.13. The number of rotatable bonds is 2. The van der Waals surface area contributed by atoms with Crippen LogP contribution >= 0.6 is 22.9 Å². The van der Waals surface area contributed by atoms with Gasteiger partial charge in [0.25, 0.3) is 0 Å². The molecular weight excluding hydrogens is 372 g/mol. The minimum Gasteiger partial charge on any atom is -0.285 e. The highest BCUT2D eigenvalue weighted by atomic mass is 35.5. The van der Waals surface area contributed by atoms with Crippen molar-refractivity contribution in [3.63, 3.8) is 0 Å². The molecule has 0 N–H and O–H groups in total. The highest BCUT2D eigenvalue weighted by molar-refractivity contribution is 7.17. The fourth-order valence-corrected chi connectivity index (χ4v) is 5.09. The number of thiazole rings is 1. The molecule has 0 radical (unpaired) electrons. The summed E-state index contributed by atoms with van der Waals surface area (Å²) in [5, 5.41) is 5.81. The Morgan fingerprint density at radius 3 is 2.07 bits per heavy atom. The molecule has 1 aromatic heterocycles. The van der Waals surface area contributed by atoms with Gasteiger partial charge in [0.15, 0.2) is 4.80 Å². The Balaban J connectivity index is 2.07. The zero-order valence-corrected chi connectivity index (χ0v) is 16.4. The highest BCUT2D eigenvalue weighted by Gasteiger charge is 2.15. The van der Waals surface area contributed by atoms with E-state index in [1.807, 2.05) is 12.1 Å². The highest BCUT2D eigenvalue weighted by Crippen LogP contribution is 2.37. The summed E-state index contributed by atoms with van der Waals surface area (Å²) in [4.78, 5) is 5.82. The van der Waals surface area contributed by atoms with Crippen molar-refractivity contribution >= 4 is 54.7 Å². The third kappa shape index (κ3) is 2.58. The molecule has 4 heteroatoms. The Hall–Kier alpha value is -2.62. The second kappa shape index (κ2) is 6.52. The first-order chi connectivity index (χ1) is 13.3. The second-order valence-corrected chi connectivity index (χ2v) is 7.85. The van der Waals surface area contributed by atoms with Gasteiger partial charge in [-0.3, -0.25) is 9.56 Å². The van der Waals surface area contributed by atoms with Crippen molar-refractivity contribution in [3.05, 3.63) is 82.6 Å². The van der Waals surface area contributed by atoms with Crippen LogP contribution in [0.25, 0.3) is 37.4 Å². The van der Waals surface area contributed by atoms with Gasteiger partial charge in [-0.15, -0.1) is 0 Å². The molecule has 0 aliphatic heterocycles. The molecule has 0 spiro atoms. The van der Waals surface area contributed by atoms with Crippen LogP contribution in [0.3, 0.4) is 0 Å². The molecule has 0 atom stereocenters. The Bertz CT molecular complexity index is 1360. The van der Waals surface area contributed by atoms with Crippen LogP contribution < -0.4 is 4.80 Å². The SMILES string of the molecule is CCN=c1sc2c3ccccc3c3ccccc3c2n1-c1ccc(Cl)cc1. The summed E-state index contributed by atoms with van der Waals surface area (Å²) in [7, 11) is 0. The minimum absolute atomic E-state index is 0.739. The van der Waals surface area contributed by atoms with Crippen molar-refractivity contribution in [2.75, 3.05) is 6.54 Å². The Morgan fingerprint density at radius 1 is 0.815 bits per heavy atom. The molecule has 27 heavy (non-hydrogen) atoms. The molecule has 0 bridgehead atoms. The van der Waals surface area contributed by atoms with Crippen molar-refractivity contribution < 1.29 is 0 Å². The van der Waals surface area contributed by atoms with E-state index in [9.17, 15) is 0 Å². The van der Waals surface area contributed by atoms with Crippen LogP contribution in [0.15, 0.2) is 77.8 Å². The summed E-state index contributed by atoms with van der Waals surface area (Å²) < 4.78 is 3.54. The van der Waals surface area contributed by atoms with Crippen LogP contribution in [0.2, 0.25) is 5.02 Å². The van der Waals surface area contributed by atoms with Crippen LogP contribution in [-0.4, -0.2) is 11.1 Å². The molecule has 0 fully saturated rings. The van der Waals surface area contributed by atoms with Crippen LogP contribution in [0, 0.1) is 0 Å². The summed E-state index contributed by atoms with van der Waals surface area (Å²) in [6, 6.07) is 25.3. The smallest absolute Gasteiger partial charge is 0.190 e. The molecule has 0 saturated heterocycles. The number of aromatic nitrogens is 1. The van der Waals surface area contributed by atoms with E-state index in [4.69, 9.17) is 16.6 Å². The Kier molecular flexibility index (Phi) is 4.00. The molecule has 132 valence electrons. The van der Waals surface area contributed by atoms with E-state index in [1.54, 1.807) is 11.3 Å². The zero-order valence-electron chi connectivity index (χ0n) is 14.8. The van der Waals surface area contributed by atoms with Crippen LogP contribution in [0.4, 0.5) is 0 Å². The van der Waals surface area contributed by atoms with Gasteiger partial charge in [-0.05, 0) is 42.0 Å². The van der Waals surface area contributed by atoms with E-state index in [2.05, 4.69) is 72.2 Å². The zero-order chi connectivity index (χ0) is 18.4. The van der Waals surface area contributed by atoms with E-state index in [-0.39, 0.29) is 0 Å². The van der Waals surface area contributed by atoms with Gasteiger partial charge in [-0.2, -0.15) is 0 Å². The molecule has 0 aliphatic rings. The standard InChI is InChI=1S/C23H17ClN2S/c1-2-25-23-26(16-13-11-15(24)12-14-16)21-19-9-5-3-7-17(19)18-8-4-6-10-20(18)22(21)27-23/h3-14H,2H2,1H3. The number of hydrogen-bond acceptors (Lipinski definition) is 2. The Morgan fingerprint density at radius 2 is 1.41 bits per heavy atom. The van der Waals surface area contributed by atoms with Gasteiger partial charge in [0, 0.05) is 28.0 Å². The number of benzene rings is 4. The van der Waals surface area contributed by atoms with Crippen molar-refractivity contribution in [1.29, 1.82) is 0 Å². The summed E-state index contributed by atoms with van der Waals surface area (Å²) >= 11 is 7.89. The van der Waals surface area contributed by atoms with Crippen LogP contribution in [0.5, 0.6) is 0 Å². The van der Waals surface area contributed by atoms with E-state index in [0.29, 0.717) is 0 Å². The van der Waals surface area contributed by atoms with Crippen LogP contribution in [0.1, 0.15) is 6.92 Å². The first-order valence-electron chi connectivity index (χ1n) is 8.99. The second-order valence-electron chi connectivity index (χ2n) is 6.44. The molecular formula is C23H17ClN2S. The number of fused-ring (bicyclic) bond motifs is 6. The third-order valence-corrected chi connectivity index (χ3v) is 6.21. The van der Waals surface area contributed by atoms with Gasteiger partial charge in [0.2, 0.25) is 0 Å². The molecule has 5 aromatic rings. The molecule has 0 saturated carbocycles. The number of nitrogens with zero attached hydrogens (tertiary/aromatic N) is 2. The maximum atomic E-state index is 6.14. The average molecular weight is 389 g/mol. The monoisotopic (exact) mass is 388 g/mol. The van der Waals surface area contributed by atoms with Gasteiger partial charge >= 0.3 is 0 Å². The summed E-state index contributed by atoms with van der Waals surface area (Å²) in [6.45, 7) is 2.82. The van der Waals surface area contributed by atoms with Crippen molar-refractivity contribution in [2.24, 2.45) is 4.99 Å². The third-order valence-electron chi connectivity index (χ3n) is 4.85. The summed E-state index contributed by atoms with van der Waals surface area (Å²) in [6.07, 6.45) is 0. The first-order valence-corrected chi connectivity index (χ1v) is 10.2. The summed E-state index contributed by atoms with van der Waals surface area (Å²) in [5.41, 5.74) is 2.29. The molecule has 0 amide bonds. The number of hydrogen-bond donors (Lipinski definition) is 0. The maximum Gasteiger partial charge on any atom is 0.190 e. The fourth-order valence-electron chi connectivity index (χ4n) is 3.72. The number of halogens is 1. The lowest BCUT2D eigenvalue weighted by molar-refractivity contribution is 0.973. The quantitative estimate of drug-likeness (QED) is 0.304. The lowest BCUT2D eigenvalue weighted by atomic mass is 10.0. The van der Waals surface area contributed by atoms with E-state index in [1.165, 1.54) is 31.8 Å². The molecule has 5 rings (SSSR count). The minimum atomic E-state index is 0.739. The van der Waals surface area contributed by atoms with Crippen LogP contribution in [-0.2, 0) is 0 Å². The van der Waals surface area contributed by atoms with Crippen molar-refractivity contribution in [1.82, 2.24) is 4.57 Å². The van der Waals surface area contributed by atoms with Crippen molar-refractivity contribution in [3.8, 4) is 5.69 Å².